The van der Waals surface area contributed by atoms with Crippen molar-refractivity contribution in [1.29, 1.82) is 0 Å². The van der Waals surface area contributed by atoms with Crippen molar-refractivity contribution in [3.8, 4) is 0 Å². The minimum atomic E-state index is -1.71. The van der Waals surface area contributed by atoms with Crippen LogP contribution in [-0.2, 0) is 44.7 Å². The predicted molar refractivity (Wildman–Crippen MR) is 191 cm³/mol. The van der Waals surface area contributed by atoms with Gasteiger partial charge >= 0.3 is 5.97 Å². The highest BCUT2D eigenvalue weighted by Gasteiger charge is 2.49. The molecular weight excluding hydrogens is 722 g/mol. The van der Waals surface area contributed by atoms with Crippen molar-refractivity contribution >= 4 is 41.4 Å². The number of nitrogens with zero attached hydrogens (tertiary/aromatic N) is 3. The molecule has 6 amide bonds. The van der Waals surface area contributed by atoms with E-state index in [0.717, 1.165) is 17.0 Å². The fourth-order valence-electron chi connectivity index (χ4n) is 7.84. The standard InChI is InChI=1S/C38H50F2N6O9/c1-5-6-10-31(48)42-27(15-23-13-24(39)16-25(40)14-23)33(49)43-32-22(4)55-38(54)30-12-20(2)18-45(30)35(51)21(3)41-34(50)28-9-7-8-11-44(28)36(52)29-17-26(47)19-46(29)37(32)53/h6,10,13-14,16,20-22,26-30,32,47H,5,7-9,11-12,15,17-19H2,1-4H3,(H,41,50)(H,42,48)(H,43,49)/b10-6+/t20-,21+,22+,26-,27+,28+,29+,30+,32+/m1/s1. The van der Waals surface area contributed by atoms with E-state index < -0.39 is 108 Å². The smallest absolute Gasteiger partial charge is 0.329 e. The molecule has 4 saturated heterocycles. The summed E-state index contributed by atoms with van der Waals surface area (Å²) in [7, 11) is 0. The summed E-state index contributed by atoms with van der Waals surface area (Å²) >= 11 is 0. The minimum absolute atomic E-state index is 0.0176. The Morgan fingerprint density at radius 3 is 2.31 bits per heavy atom. The van der Waals surface area contributed by atoms with Crippen LogP contribution in [-0.4, -0.2) is 129 Å². The number of benzene rings is 1. The van der Waals surface area contributed by atoms with Crippen molar-refractivity contribution in [1.82, 2.24) is 30.7 Å². The van der Waals surface area contributed by atoms with Crippen molar-refractivity contribution < 1.29 is 52.2 Å². The molecule has 55 heavy (non-hydrogen) atoms. The van der Waals surface area contributed by atoms with Gasteiger partial charge in [0.2, 0.25) is 35.4 Å². The zero-order chi connectivity index (χ0) is 40.1. The molecule has 15 nitrogen and oxygen atoms in total. The average molecular weight is 773 g/mol. The van der Waals surface area contributed by atoms with Crippen molar-refractivity contribution in [2.45, 2.75) is 121 Å². The largest absolute Gasteiger partial charge is 0.458 e. The first kappa shape index (κ1) is 41.2. The molecule has 0 unspecified atom stereocenters. The monoisotopic (exact) mass is 772 g/mol. The molecule has 1 aromatic rings. The van der Waals surface area contributed by atoms with E-state index in [1.807, 2.05) is 6.92 Å². The summed E-state index contributed by atoms with van der Waals surface area (Å²) in [5.74, 6) is -7.14. The summed E-state index contributed by atoms with van der Waals surface area (Å²) in [6.45, 7) is 6.51. The van der Waals surface area contributed by atoms with Crippen molar-refractivity contribution in [3.63, 3.8) is 0 Å². The van der Waals surface area contributed by atoms with Gasteiger partial charge in [-0.05, 0) is 75.6 Å². The van der Waals surface area contributed by atoms with Crippen LogP contribution in [0.5, 0.6) is 0 Å². The first-order valence-corrected chi connectivity index (χ1v) is 18.9. The zero-order valence-corrected chi connectivity index (χ0v) is 31.5. The summed E-state index contributed by atoms with van der Waals surface area (Å²) in [6, 6.07) is -4.94. The second-order valence-corrected chi connectivity index (χ2v) is 15.0. The number of carbonyl (C=O) groups excluding carboxylic acids is 7. The topological polar surface area (TPSA) is 195 Å². The number of amides is 6. The summed E-state index contributed by atoms with van der Waals surface area (Å²) in [4.78, 5) is 101. The lowest BCUT2D eigenvalue weighted by Crippen LogP contribution is -2.63. The molecule has 0 saturated carbocycles. The maximum absolute atomic E-state index is 14.6. The molecule has 4 N–H and O–H groups in total. The van der Waals surface area contributed by atoms with Gasteiger partial charge in [-0.2, -0.15) is 0 Å². The van der Waals surface area contributed by atoms with Crippen LogP contribution < -0.4 is 16.0 Å². The molecule has 4 aliphatic rings. The highest BCUT2D eigenvalue weighted by Crippen LogP contribution is 2.29. The average Bonchev–Trinajstić information content (AvgIpc) is 3.73. The highest BCUT2D eigenvalue weighted by molar-refractivity contribution is 5.98. The number of rotatable bonds is 7. The molecule has 0 radical (unpaired) electrons. The molecule has 0 bridgehead atoms. The van der Waals surface area contributed by atoms with Crippen LogP contribution in [0.2, 0.25) is 0 Å². The van der Waals surface area contributed by atoms with Crippen LogP contribution in [0, 0.1) is 17.6 Å². The second-order valence-electron chi connectivity index (χ2n) is 15.0. The number of hydrogen-bond acceptors (Lipinski definition) is 9. The van der Waals surface area contributed by atoms with Crippen molar-refractivity contribution in [3.05, 3.63) is 47.5 Å². The van der Waals surface area contributed by atoms with Crippen LogP contribution in [0.25, 0.3) is 0 Å². The van der Waals surface area contributed by atoms with E-state index >= 15 is 0 Å². The molecule has 17 heteroatoms. The number of cyclic esters (lactones) is 1. The number of aliphatic hydroxyl groups is 1. The third-order valence-corrected chi connectivity index (χ3v) is 10.6. The second kappa shape index (κ2) is 17.7. The Labute approximate surface area is 318 Å². The first-order valence-electron chi connectivity index (χ1n) is 18.9. The third-order valence-electron chi connectivity index (χ3n) is 10.6. The maximum Gasteiger partial charge on any atom is 0.329 e. The van der Waals surface area contributed by atoms with Gasteiger partial charge in [0.05, 0.1) is 6.10 Å². The molecule has 5 rings (SSSR count). The van der Waals surface area contributed by atoms with Crippen LogP contribution >= 0.6 is 0 Å². The van der Waals surface area contributed by atoms with Crippen molar-refractivity contribution in [2.24, 2.45) is 5.92 Å². The van der Waals surface area contributed by atoms with Gasteiger partial charge in [-0.15, -0.1) is 0 Å². The summed E-state index contributed by atoms with van der Waals surface area (Å²) in [6.07, 6.45) is 1.74. The molecule has 300 valence electrons. The van der Waals surface area contributed by atoms with Gasteiger partial charge in [0.15, 0.2) is 0 Å². The molecule has 1 aromatic carbocycles. The van der Waals surface area contributed by atoms with Gasteiger partial charge in [-0.1, -0.05) is 19.9 Å². The highest BCUT2D eigenvalue weighted by atomic mass is 19.1. The number of carbonyl (C=O) groups is 7. The Morgan fingerprint density at radius 1 is 0.927 bits per heavy atom. The van der Waals surface area contributed by atoms with Gasteiger partial charge in [0, 0.05) is 38.5 Å². The quantitative estimate of drug-likeness (QED) is 0.225. The van der Waals surface area contributed by atoms with Crippen LogP contribution in [0.4, 0.5) is 8.78 Å². The molecule has 0 aliphatic carbocycles. The van der Waals surface area contributed by atoms with Gasteiger partial charge in [0.1, 0.15) is 54.0 Å². The number of ether oxygens (including phenoxy) is 1. The van der Waals surface area contributed by atoms with E-state index in [1.54, 1.807) is 6.92 Å². The summed E-state index contributed by atoms with van der Waals surface area (Å²) in [5.41, 5.74) is 0.0176. The van der Waals surface area contributed by atoms with E-state index in [2.05, 4.69) is 16.0 Å². The Hall–Kier alpha value is -4.93. The molecule has 4 fully saturated rings. The SMILES string of the molecule is CC/C=C/C(=O)N[C@@H](Cc1cc(F)cc(F)c1)C(=O)N[C@@H]1C(=O)N2C[C@H](O)C[C@H]2C(=O)N2CCCC[C@H]2C(=O)N[C@@H](C)C(=O)N2C[C@H](C)C[C@H]2C(=O)O[C@H]1C. The molecule has 0 aromatic heterocycles. The zero-order valence-electron chi connectivity index (χ0n) is 31.5. The summed E-state index contributed by atoms with van der Waals surface area (Å²) in [5, 5.41) is 18.6. The number of fused-ring (bicyclic) bond motifs is 3. The number of hydrogen-bond donors (Lipinski definition) is 4. The number of esters is 1. The minimum Gasteiger partial charge on any atom is -0.458 e. The number of halogens is 2. The normalized spacial score (nSPS) is 30.0. The van der Waals surface area contributed by atoms with Gasteiger partial charge in [-0.3, -0.25) is 28.8 Å². The maximum atomic E-state index is 14.6. The lowest BCUT2D eigenvalue weighted by atomic mass is 9.98. The fourth-order valence-corrected chi connectivity index (χ4v) is 7.84. The Morgan fingerprint density at radius 2 is 1.62 bits per heavy atom. The molecular formula is C38H50F2N6O9. The van der Waals surface area contributed by atoms with E-state index in [4.69, 9.17) is 4.74 Å². The first-order chi connectivity index (χ1) is 26.1. The van der Waals surface area contributed by atoms with Crippen molar-refractivity contribution in [2.75, 3.05) is 19.6 Å². The predicted octanol–water partition coefficient (Wildman–Crippen LogP) is 0.473. The molecule has 9 atom stereocenters. The van der Waals surface area contributed by atoms with Gasteiger partial charge in [0.25, 0.3) is 0 Å². The van der Waals surface area contributed by atoms with E-state index in [0.29, 0.717) is 31.7 Å². The van der Waals surface area contributed by atoms with E-state index in [1.165, 1.54) is 35.8 Å². The van der Waals surface area contributed by atoms with Gasteiger partial charge < -0.3 is 40.5 Å². The molecule has 4 heterocycles. The Balaban J connectivity index is 1.53. The number of piperidine rings is 1. The Bertz CT molecular complexity index is 1690. The Kier molecular flexibility index (Phi) is 13.3. The van der Waals surface area contributed by atoms with Crippen LogP contribution in [0.1, 0.15) is 71.8 Å². The third kappa shape index (κ3) is 9.66. The fraction of sp³-hybridized carbons (Fsp3) is 0.605. The number of allylic oxidation sites excluding steroid dienone is 1. The van der Waals surface area contributed by atoms with E-state index in [-0.39, 0.29) is 44.0 Å². The van der Waals surface area contributed by atoms with Crippen LogP contribution in [0.15, 0.2) is 30.4 Å². The summed E-state index contributed by atoms with van der Waals surface area (Å²) < 4.78 is 34.2. The number of aliphatic hydroxyl groups excluding tert-OH is 1. The lowest BCUT2D eigenvalue weighted by Gasteiger charge is -2.39. The number of nitrogens with one attached hydrogen (secondary N) is 3. The van der Waals surface area contributed by atoms with Gasteiger partial charge in [-0.25, -0.2) is 13.6 Å². The lowest BCUT2D eigenvalue weighted by molar-refractivity contribution is -0.163. The van der Waals surface area contributed by atoms with E-state index in [9.17, 15) is 47.4 Å². The van der Waals surface area contributed by atoms with Crippen LogP contribution in [0.3, 0.4) is 0 Å². The molecule has 0 spiro atoms. The molecule has 4 aliphatic heterocycles.